The monoisotopic (exact) mass is 274 g/mol. The average molecular weight is 275 g/mol. The van der Waals surface area contributed by atoms with Gasteiger partial charge in [-0.05, 0) is 12.5 Å². The van der Waals surface area contributed by atoms with E-state index < -0.39 is 6.10 Å². The molecule has 0 aromatic heterocycles. The number of rotatable bonds is 7. The maximum absolute atomic E-state index is 10.0. The second-order valence-electron chi connectivity index (χ2n) is 3.79. The summed E-state index contributed by atoms with van der Waals surface area (Å²) < 4.78 is 15.6. The maximum atomic E-state index is 10.0. The predicted molar refractivity (Wildman–Crippen MR) is 70.6 cm³/mol. The number of aliphatic hydroxyl groups is 1. The molecule has 1 aromatic rings. The molecule has 0 aliphatic rings. The van der Waals surface area contributed by atoms with Gasteiger partial charge < -0.3 is 19.3 Å². The molecule has 0 spiro atoms. The van der Waals surface area contributed by atoms with Crippen LogP contribution in [0.5, 0.6) is 11.5 Å². The Labute approximate surface area is 112 Å². The van der Waals surface area contributed by atoms with E-state index in [9.17, 15) is 5.11 Å². The second kappa shape index (κ2) is 7.46. The lowest BCUT2D eigenvalue weighted by Crippen LogP contribution is -2.09. The Bertz CT molecular complexity index is 381. The van der Waals surface area contributed by atoms with Crippen LogP contribution in [-0.4, -0.2) is 32.5 Å². The van der Waals surface area contributed by atoms with E-state index >= 15 is 0 Å². The summed E-state index contributed by atoms with van der Waals surface area (Å²) in [5, 5.41) is 10.4. The predicted octanol–water partition coefficient (Wildman–Crippen LogP) is 2.82. The first-order valence-electron chi connectivity index (χ1n) is 5.81. The molecule has 0 heterocycles. The highest BCUT2D eigenvalue weighted by Crippen LogP contribution is 2.39. The van der Waals surface area contributed by atoms with E-state index in [-0.39, 0.29) is 6.61 Å². The lowest BCUT2D eigenvalue weighted by molar-refractivity contribution is 0.0363. The van der Waals surface area contributed by atoms with Crippen molar-refractivity contribution < 1.29 is 19.3 Å². The fraction of sp³-hybridized carbons (Fsp3) is 0.538. The average Bonchev–Trinajstić information content (AvgIpc) is 2.38. The second-order valence-corrected chi connectivity index (χ2v) is 4.17. The molecule has 0 aliphatic heterocycles. The van der Waals surface area contributed by atoms with Crippen molar-refractivity contribution in [2.24, 2.45) is 0 Å². The normalized spacial score (nSPS) is 12.3. The summed E-state index contributed by atoms with van der Waals surface area (Å²) in [4.78, 5) is 0. The van der Waals surface area contributed by atoms with Crippen molar-refractivity contribution in [3.05, 3.63) is 22.7 Å². The quantitative estimate of drug-likeness (QED) is 0.777. The van der Waals surface area contributed by atoms with Crippen LogP contribution in [0.25, 0.3) is 0 Å². The van der Waals surface area contributed by atoms with Crippen LogP contribution in [0.1, 0.15) is 25.0 Å². The molecule has 0 aliphatic carbocycles. The highest BCUT2D eigenvalue weighted by Gasteiger charge is 2.18. The van der Waals surface area contributed by atoms with Gasteiger partial charge in [0.2, 0.25) is 0 Å². The molecule has 0 amide bonds. The molecule has 0 saturated heterocycles. The van der Waals surface area contributed by atoms with E-state index in [0.29, 0.717) is 28.7 Å². The van der Waals surface area contributed by atoms with Crippen molar-refractivity contribution in [1.82, 2.24) is 0 Å². The number of methoxy groups -OCH3 is 2. The molecule has 1 rings (SSSR count). The number of benzene rings is 1. The van der Waals surface area contributed by atoms with E-state index in [2.05, 4.69) is 0 Å². The number of aliphatic hydroxyl groups excluding tert-OH is 1. The summed E-state index contributed by atoms with van der Waals surface area (Å²) >= 11 is 6.18. The molecule has 1 aromatic carbocycles. The van der Waals surface area contributed by atoms with Crippen LogP contribution in [-0.2, 0) is 4.74 Å². The molecule has 0 bridgehead atoms. The fourth-order valence-electron chi connectivity index (χ4n) is 1.59. The van der Waals surface area contributed by atoms with E-state index in [1.807, 2.05) is 6.92 Å². The number of hydrogen-bond donors (Lipinski definition) is 1. The SMILES string of the molecule is CCCOCC(O)c1ccc(OC)c(OC)c1Cl. The van der Waals surface area contributed by atoms with Crippen LogP contribution < -0.4 is 9.47 Å². The summed E-state index contributed by atoms with van der Waals surface area (Å²) in [7, 11) is 3.04. The summed E-state index contributed by atoms with van der Waals surface area (Å²) in [6.07, 6.45) is 0.135. The summed E-state index contributed by atoms with van der Waals surface area (Å²) in [6, 6.07) is 3.42. The summed E-state index contributed by atoms with van der Waals surface area (Å²) in [6.45, 7) is 2.83. The van der Waals surface area contributed by atoms with Crippen molar-refractivity contribution in [1.29, 1.82) is 0 Å². The van der Waals surface area contributed by atoms with Gasteiger partial charge in [0.25, 0.3) is 0 Å². The lowest BCUT2D eigenvalue weighted by Gasteiger charge is -2.16. The van der Waals surface area contributed by atoms with Gasteiger partial charge in [-0.15, -0.1) is 0 Å². The van der Waals surface area contributed by atoms with E-state index in [1.165, 1.54) is 14.2 Å². The van der Waals surface area contributed by atoms with Crippen LogP contribution in [0.3, 0.4) is 0 Å². The first kappa shape index (κ1) is 15.1. The third kappa shape index (κ3) is 3.51. The first-order valence-corrected chi connectivity index (χ1v) is 6.19. The summed E-state index contributed by atoms with van der Waals surface area (Å²) in [5.74, 6) is 0.958. The van der Waals surface area contributed by atoms with Crippen molar-refractivity contribution in [3.63, 3.8) is 0 Å². The Morgan fingerprint density at radius 1 is 1.28 bits per heavy atom. The van der Waals surface area contributed by atoms with Crippen LogP contribution >= 0.6 is 11.6 Å². The third-order valence-electron chi connectivity index (χ3n) is 2.50. The van der Waals surface area contributed by atoms with Gasteiger partial charge in [0.05, 0.1) is 25.8 Å². The van der Waals surface area contributed by atoms with Crippen molar-refractivity contribution in [3.8, 4) is 11.5 Å². The minimum absolute atomic E-state index is 0.211. The molecule has 1 atom stereocenters. The Morgan fingerprint density at radius 2 is 2.00 bits per heavy atom. The van der Waals surface area contributed by atoms with Crippen molar-refractivity contribution in [2.75, 3.05) is 27.4 Å². The van der Waals surface area contributed by atoms with E-state index in [4.69, 9.17) is 25.8 Å². The van der Waals surface area contributed by atoms with Crippen LogP contribution in [0.2, 0.25) is 5.02 Å². The van der Waals surface area contributed by atoms with Crippen LogP contribution in [0.15, 0.2) is 12.1 Å². The van der Waals surface area contributed by atoms with Gasteiger partial charge in [0.1, 0.15) is 6.10 Å². The molecular weight excluding hydrogens is 256 g/mol. The molecule has 0 saturated carbocycles. The molecule has 18 heavy (non-hydrogen) atoms. The van der Waals surface area contributed by atoms with Gasteiger partial charge in [0, 0.05) is 12.2 Å². The minimum atomic E-state index is -0.774. The molecule has 1 unspecified atom stereocenters. The third-order valence-corrected chi connectivity index (χ3v) is 2.89. The van der Waals surface area contributed by atoms with Gasteiger partial charge in [-0.3, -0.25) is 0 Å². The van der Waals surface area contributed by atoms with E-state index in [1.54, 1.807) is 12.1 Å². The van der Waals surface area contributed by atoms with Gasteiger partial charge >= 0.3 is 0 Å². The van der Waals surface area contributed by atoms with Gasteiger partial charge in [0.15, 0.2) is 11.5 Å². The highest BCUT2D eigenvalue weighted by atomic mass is 35.5. The standard InChI is InChI=1S/C13H19ClO4/c1-4-7-18-8-10(15)9-5-6-11(16-2)13(17-3)12(9)14/h5-6,10,15H,4,7-8H2,1-3H3. The summed E-state index contributed by atoms with van der Waals surface area (Å²) in [5.41, 5.74) is 0.574. The van der Waals surface area contributed by atoms with Crippen LogP contribution in [0.4, 0.5) is 0 Å². The van der Waals surface area contributed by atoms with Gasteiger partial charge in [-0.2, -0.15) is 0 Å². The Morgan fingerprint density at radius 3 is 2.56 bits per heavy atom. The zero-order valence-electron chi connectivity index (χ0n) is 10.9. The van der Waals surface area contributed by atoms with Gasteiger partial charge in [-0.1, -0.05) is 24.6 Å². The topological polar surface area (TPSA) is 47.9 Å². The molecule has 5 heteroatoms. The first-order chi connectivity index (χ1) is 8.65. The maximum Gasteiger partial charge on any atom is 0.179 e. The number of ether oxygens (including phenoxy) is 3. The van der Waals surface area contributed by atoms with Gasteiger partial charge in [-0.25, -0.2) is 0 Å². The molecule has 4 nitrogen and oxygen atoms in total. The largest absolute Gasteiger partial charge is 0.493 e. The zero-order valence-corrected chi connectivity index (χ0v) is 11.7. The minimum Gasteiger partial charge on any atom is -0.493 e. The molecule has 0 radical (unpaired) electrons. The zero-order chi connectivity index (χ0) is 13.5. The Balaban J connectivity index is 2.89. The molecule has 1 N–H and O–H groups in total. The van der Waals surface area contributed by atoms with Crippen molar-refractivity contribution in [2.45, 2.75) is 19.4 Å². The smallest absolute Gasteiger partial charge is 0.179 e. The fourth-order valence-corrected chi connectivity index (χ4v) is 1.95. The lowest BCUT2D eigenvalue weighted by atomic mass is 10.1. The number of hydrogen-bond acceptors (Lipinski definition) is 4. The van der Waals surface area contributed by atoms with E-state index in [0.717, 1.165) is 6.42 Å². The van der Waals surface area contributed by atoms with Crippen molar-refractivity contribution >= 4 is 11.6 Å². The Hall–Kier alpha value is -0.970. The molecular formula is C13H19ClO4. The van der Waals surface area contributed by atoms with Crippen LogP contribution in [0, 0.1) is 0 Å². The highest BCUT2D eigenvalue weighted by molar-refractivity contribution is 6.33. The number of halogens is 1. The molecule has 0 fully saturated rings. The molecule has 102 valence electrons. The Kier molecular flexibility index (Phi) is 6.25.